The maximum Gasteiger partial charge on any atom is 0.133 e. The Bertz CT molecular complexity index is 699. The summed E-state index contributed by atoms with van der Waals surface area (Å²) in [7, 11) is 0. The summed E-state index contributed by atoms with van der Waals surface area (Å²) in [4.78, 5) is 0. The molecular formula is C19H21N3. The zero-order valence-corrected chi connectivity index (χ0v) is 12.9. The molecule has 1 heterocycles. The van der Waals surface area contributed by atoms with E-state index in [4.69, 9.17) is 0 Å². The van der Waals surface area contributed by atoms with E-state index in [-0.39, 0.29) is 0 Å². The van der Waals surface area contributed by atoms with Crippen LogP contribution < -0.4 is 0 Å². The van der Waals surface area contributed by atoms with Crippen molar-refractivity contribution in [3.8, 4) is 0 Å². The van der Waals surface area contributed by atoms with Gasteiger partial charge in [-0.05, 0) is 29.5 Å². The van der Waals surface area contributed by atoms with Crippen LogP contribution in [0, 0.1) is 0 Å². The molecule has 2 aromatic carbocycles. The first-order valence-electron chi connectivity index (χ1n) is 7.83. The van der Waals surface area contributed by atoms with Gasteiger partial charge in [0.1, 0.15) is 12.2 Å². The Kier molecular flexibility index (Phi) is 4.64. The molecule has 0 atom stereocenters. The Balaban J connectivity index is 1.66. The average Bonchev–Trinajstić information content (AvgIpc) is 3.02. The fourth-order valence-electron chi connectivity index (χ4n) is 2.58. The number of nitrogens with zero attached hydrogens (tertiary/aromatic N) is 3. The van der Waals surface area contributed by atoms with Gasteiger partial charge in [0.2, 0.25) is 0 Å². The minimum atomic E-state index is 0.834. The summed E-state index contributed by atoms with van der Waals surface area (Å²) in [6.45, 7) is 3.01. The van der Waals surface area contributed by atoms with Crippen LogP contribution in [0.1, 0.15) is 29.4 Å². The molecule has 3 heteroatoms. The Morgan fingerprint density at radius 3 is 2.27 bits per heavy atom. The van der Waals surface area contributed by atoms with Gasteiger partial charge in [0.05, 0.1) is 6.54 Å². The lowest BCUT2D eigenvalue weighted by molar-refractivity contribution is 0.712. The second kappa shape index (κ2) is 7.03. The van der Waals surface area contributed by atoms with Crippen LogP contribution in [0.3, 0.4) is 0 Å². The van der Waals surface area contributed by atoms with E-state index in [0.717, 1.165) is 31.6 Å². The maximum absolute atomic E-state index is 4.27. The van der Waals surface area contributed by atoms with Crippen LogP contribution in [0.15, 0.2) is 60.9 Å². The second-order valence-electron chi connectivity index (χ2n) is 5.53. The van der Waals surface area contributed by atoms with E-state index in [1.807, 2.05) is 12.4 Å². The van der Waals surface area contributed by atoms with Crippen LogP contribution >= 0.6 is 0 Å². The van der Waals surface area contributed by atoms with E-state index < -0.39 is 0 Å². The molecule has 3 aromatic rings. The summed E-state index contributed by atoms with van der Waals surface area (Å²) in [5.41, 5.74) is 4.00. The smallest absolute Gasteiger partial charge is 0.133 e. The number of aryl methyl sites for hydroxylation is 3. The molecule has 0 saturated heterocycles. The van der Waals surface area contributed by atoms with Crippen LogP contribution in [0.4, 0.5) is 0 Å². The van der Waals surface area contributed by atoms with Gasteiger partial charge < -0.3 is 4.57 Å². The third-order valence-corrected chi connectivity index (χ3v) is 3.96. The zero-order chi connectivity index (χ0) is 15.2. The summed E-state index contributed by atoms with van der Waals surface area (Å²) < 4.78 is 2.14. The van der Waals surface area contributed by atoms with E-state index in [2.05, 4.69) is 70.2 Å². The lowest BCUT2D eigenvalue weighted by Crippen LogP contribution is -2.06. The maximum atomic E-state index is 4.27. The summed E-state index contributed by atoms with van der Waals surface area (Å²) in [6.07, 6.45) is 4.81. The third-order valence-electron chi connectivity index (χ3n) is 3.96. The minimum absolute atomic E-state index is 0.834. The van der Waals surface area contributed by atoms with Gasteiger partial charge in [-0.3, -0.25) is 0 Å². The molecule has 3 nitrogen and oxygen atoms in total. The Labute approximate surface area is 131 Å². The van der Waals surface area contributed by atoms with E-state index in [1.54, 1.807) is 0 Å². The molecule has 0 unspecified atom stereocenters. The standard InChI is InChI=1S/C19H21N3/c1-2-16-8-10-18(11-9-16)14-22-15-20-21-19(22)13-12-17-6-4-3-5-7-17/h3-11,15H,2,12-14H2,1H3. The van der Waals surface area contributed by atoms with E-state index in [1.165, 1.54) is 16.7 Å². The van der Waals surface area contributed by atoms with Gasteiger partial charge in [0.15, 0.2) is 0 Å². The molecule has 0 fully saturated rings. The number of hydrogen-bond donors (Lipinski definition) is 0. The van der Waals surface area contributed by atoms with Crippen molar-refractivity contribution >= 4 is 0 Å². The molecule has 22 heavy (non-hydrogen) atoms. The molecule has 0 spiro atoms. The summed E-state index contributed by atoms with van der Waals surface area (Å²) in [5, 5.41) is 8.35. The van der Waals surface area contributed by atoms with Crippen LogP contribution in [0.25, 0.3) is 0 Å². The van der Waals surface area contributed by atoms with Gasteiger partial charge in [-0.25, -0.2) is 0 Å². The first-order chi connectivity index (χ1) is 10.8. The fourth-order valence-corrected chi connectivity index (χ4v) is 2.58. The van der Waals surface area contributed by atoms with E-state index in [9.17, 15) is 0 Å². The van der Waals surface area contributed by atoms with Crippen molar-refractivity contribution in [3.05, 3.63) is 83.4 Å². The number of rotatable bonds is 6. The van der Waals surface area contributed by atoms with Gasteiger partial charge in [-0.15, -0.1) is 10.2 Å². The average molecular weight is 291 g/mol. The molecule has 0 aliphatic rings. The van der Waals surface area contributed by atoms with E-state index >= 15 is 0 Å². The number of hydrogen-bond acceptors (Lipinski definition) is 2. The molecule has 112 valence electrons. The van der Waals surface area contributed by atoms with Crippen LogP contribution in [-0.2, 0) is 25.8 Å². The number of benzene rings is 2. The summed E-state index contributed by atoms with van der Waals surface area (Å²) >= 11 is 0. The van der Waals surface area contributed by atoms with Gasteiger partial charge in [0, 0.05) is 6.42 Å². The predicted octanol–water partition coefficient (Wildman–Crippen LogP) is 3.67. The molecule has 0 aliphatic heterocycles. The quantitative estimate of drug-likeness (QED) is 0.693. The molecule has 3 rings (SSSR count). The molecule has 0 saturated carbocycles. The molecular weight excluding hydrogens is 270 g/mol. The zero-order valence-electron chi connectivity index (χ0n) is 12.9. The second-order valence-corrected chi connectivity index (χ2v) is 5.53. The van der Waals surface area contributed by atoms with Crippen molar-refractivity contribution in [2.24, 2.45) is 0 Å². The third kappa shape index (κ3) is 3.61. The fraction of sp³-hybridized carbons (Fsp3) is 0.263. The monoisotopic (exact) mass is 291 g/mol. The lowest BCUT2D eigenvalue weighted by Gasteiger charge is -2.07. The molecule has 0 N–H and O–H groups in total. The van der Waals surface area contributed by atoms with Crippen molar-refractivity contribution in [1.29, 1.82) is 0 Å². The number of aromatic nitrogens is 3. The largest absolute Gasteiger partial charge is 0.313 e. The highest BCUT2D eigenvalue weighted by Gasteiger charge is 2.05. The van der Waals surface area contributed by atoms with Gasteiger partial charge >= 0.3 is 0 Å². The highest BCUT2D eigenvalue weighted by Crippen LogP contribution is 2.10. The summed E-state index contributed by atoms with van der Waals surface area (Å²) in [5.74, 6) is 1.04. The molecule has 0 radical (unpaired) electrons. The Hall–Kier alpha value is -2.42. The summed E-state index contributed by atoms with van der Waals surface area (Å²) in [6, 6.07) is 19.3. The SMILES string of the molecule is CCc1ccc(Cn2cnnc2CCc2ccccc2)cc1. The Morgan fingerprint density at radius 1 is 0.818 bits per heavy atom. The van der Waals surface area contributed by atoms with E-state index in [0.29, 0.717) is 0 Å². The molecule has 0 bridgehead atoms. The topological polar surface area (TPSA) is 30.7 Å². The minimum Gasteiger partial charge on any atom is -0.313 e. The first kappa shape index (κ1) is 14.5. The van der Waals surface area contributed by atoms with Gasteiger partial charge in [-0.1, -0.05) is 61.5 Å². The van der Waals surface area contributed by atoms with Crippen molar-refractivity contribution in [2.45, 2.75) is 32.7 Å². The van der Waals surface area contributed by atoms with Crippen molar-refractivity contribution < 1.29 is 0 Å². The highest BCUT2D eigenvalue weighted by molar-refractivity contribution is 5.23. The molecule has 0 amide bonds. The van der Waals surface area contributed by atoms with Crippen molar-refractivity contribution in [2.75, 3.05) is 0 Å². The van der Waals surface area contributed by atoms with Crippen LogP contribution in [0.2, 0.25) is 0 Å². The normalized spacial score (nSPS) is 10.8. The van der Waals surface area contributed by atoms with Crippen LogP contribution in [-0.4, -0.2) is 14.8 Å². The van der Waals surface area contributed by atoms with Crippen molar-refractivity contribution in [3.63, 3.8) is 0 Å². The van der Waals surface area contributed by atoms with Gasteiger partial charge in [-0.2, -0.15) is 0 Å². The lowest BCUT2D eigenvalue weighted by atomic mass is 10.1. The predicted molar refractivity (Wildman–Crippen MR) is 88.8 cm³/mol. The van der Waals surface area contributed by atoms with Crippen molar-refractivity contribution in [1.82, 2.24) is 14.8 Å². The Morgan fingerprint density at radius 2 is 1.55 bits per heavy atom. The highest BCUT2D eigenvalue weighted by atomic mass is 15.3. The first-order valence-corrected chi connectivity index (χ1v) is 7.83. The molecule has 0 aliphatic carbocycles. The molecule has 1 aromatic heterocycles. The van der Waals surface area contributed by atoms with Crippen LogP contribution in [0.5, 0.6) is 0 Å². The van der Waals surface area contributed by atoms with Gasteiger partial charge in [0.25, 0.3) is 0 Å².